The van der Waals surface area contributed by atoms with Gasteiger partial charge in [0.25, 0.3) is 5.91 Å². The van der Waals surface area contributed by atoms with Gasteiger partial charge in [0, 0.05) is 13.1 Å². The number of nitrogens with zero attached hydrogens (tertiary/aromatic N) is 3. The van der Waals surface area contributed by atoms with E-state index in [1.54, 1.807) is 6.92 Å². The molecule has 29 heavy (non-hydrogen) atoms. The first kappa shape index (κ1) is 20.0. The maximum atomic E-state index is 12.6. The van der Waals surface area contributed by atoms with Crippen molar-refractivity contribution >= 4 is 23.5 Å². The summed E-state index contributed by atoms with van der Waals surface area (Å²) in [4.78, 5) is 27.1. The molecular weight excluding hydrogens is 390 g/mol. The molecule has 1 saturated heterocycles. The van der Waals surface area contributed by atoms with Crippen molar-refractivity contribution in [2.24, 2.45) is 11.8 Å². The SMILES string of the molecule is Cc1nn(-c2ccccc2)c(Cl)c1C(=O)OCC(=O)N1CC[C@@H]2CCCC[C@H]2C1. The third-order valence-electron chi connectivity index (χ3n) is 6.18. The highest BCUT2D eigenvalue weighted by atomic mass is 35.5. The van der Waals surface area contributed by atoms with E-state index in [9.17, 15) is 9.59 Å². The zero-order valence-corrected chi connectivity index (χ0v) is 17.4. The molecule has 0 spiro atoms. The van der Waals surface area contributed by atoms with Gasteiger partial charge >= 0.3 is 5.97 Å². The molecule has 1 aromatic carbocycles. The van der Waals surface area contributed by atoms with Gasteiger partial charge < -0.3 is 9.64 Å². The van der Waals surface area contributed by atoms with Crippen LogP contribution in [0.15, 0.2) is 30.3 Å². The lowest BCUT2D eigenvalue weighted by atomic mass is 9.75. The number of esters is 1. The van der Waals surface area contributed by atoms with Gasteiger partial charge in [-0.1, -0.05) is 49.1 Å². The first-order chi connectivity index (χ1) is 14.0. The normalized spacial score (nSPS) is 21.5. The number of aromatic nitrogens is 2. The number of likely N-dealkylation sites (tertiary alicyclic amines) is 1. The Morgan fingerprint density at radius 3 is 2.62 bits per heavy atom. The standard InChI is InChI=1S/C22H26ClN3O3/c1-15-20(21(23)26(24-15)18-9-3-2-4-10-18)22(28)29-14-19(27)25-12-11-16-7-5-6-8-17(16)13-25/h2-4,9-10,16-17H,5-8,11-14H2,1H3/t16-,17-/m0/s1. The van der Waals surface area contributed by atoms with E-state index < -0.39 is 5.97 Å². The summed E-state index contributed by atoms with van der Waals surface area (Å²) in [5, 5.41) is 4.54. The minimum Gasteiger partial charge on any atom is -0.452 e. The van der Waals surface area contributed by atoms with Crippen LogP contribution >= 0.6 is 11.6 Å². The highest BCUT2D eigenvalue weighted by Gasteiger charge is 2.33. The number of ether oxygens (including phenoxy) is 1. The van der Waals surface area contributed by atoms with Crippen molar-refractivity contribution in [1.29, 1.82) is 0 Å². The molecule has 2 aliphatic rings. The van der Waals surface area contributed by atoms with Gasteiger partial charge in [0.05, 0.1) is 11.4 Å². The van der Waals surface area contributed by atoms with Gasteiger partial charge in [0.1, 0.15) is 10.7 Å². The molecule has 4 rings (SSSR count). The molecular formula is C22H26ClN3O3. The molecule has 0 bridgehead atoms. The smallest absolute Gasteiger partial charge is 0.343 e. The molecule has 154 valence electrons. The maximum absolute atomic E-state index is 12.6. The predicted molar refractivity (Wildman–Crippen MR) is 110 cm³/mol. The molecule has 1 amide bonds. The Kier molecular flexibility index (Phi) is 5.90. The average molecular weight is 416 g/mol. The fourth-order valence-corrected chi connectivity index (χ4v) is 4.94. The van der Waals surface area contributed by atoms with E-state index >= 15 is 0 Å². The Morgan fingerprint density at radius 2 is 1.86 bits per heavy atom. The van der Waals surface area contributed by atoms with Crippen LogP contribution in [0.2, 0.25) is 5.15 Å². The topological polar surface area (TPSA) is 64.4 Å². The lowest BCUT2D eigenvalue weighted by Crippen LogP contribution is -2.46. The van der Waals surface area contributed by atoms with Crippen LogP contribution in [-0.4, -0.2) is 46.3 Å². The van der Waals surface area contributed by atoms with E-state index in [0.717, 1.165) is 31.1 Å². The number of para-hydroxylation sites is 1. The van der Waals surface area contributed by atoms with E-state index in [0.29, 0.717) is 11.6 Å². The van der Waals surface area contributed by atoms with E-state index in [1.807, 2.05) is 35.2 Å². The molecule has 2 fully saturated rings. The van der Waals surface area contributed by atoms with E-state index in [1.165, 1.54) is 30.4 Å². The summed E-state index contributed by atoms with van der Waals surface area (Å²) >= 11 is 6.40. The largest absolute Gasteiger partial charge is 0.452 e. The molecule has 1 aromatic heterocycles. The molecule has 0 N–H and O–H groups in total. The Hall–Kier alpha value is -2.34. The van der Waals surface area contributed by atoms with Crippen LogP contribution in [0.4, 0.5) is 0 Å². The third kappa shape index (κ3) is 4.17. The minimum atomic E-state index is -0.615. The fraction of sp³-hybridized carbons (Fsp3) is 0.500. The third-order valence-corrected chi connectivity index (χ3v) is 6.53. The zero-order chi connectivity index (χ0) is 20.4. The fourth-order valence-electron chi connectivity index (χ4n) is 4.59. The second-order valence-corrected chi connectivity index (χ2v) is 8.37. The number of aryl methyl sites for hydroxylation is 1. The molecule has 1 aliphatic heterocycles. The molecule has 2 aromatic rings. The summed E-state index contributed by atoms with van der Waals surface area (Å²) in [5.41, 5.74) is 1.43. The molecule has 1 saturated carbocycles. The van der Waals surface area contributed by atoms with E-state index in [-0.39, 0.29) is 23.2 Å². The minimum absolute atomic E-state index is 0.133. The summed E-state index contributed by atoms with van der Waals surface area (Å²) in [6.45, 7) is 2.98. The van der Waals surface area contributed by atoms with Crippen molar-refractivity contribution in [2.45, 2.75) is 39.0 Å². The van der Waals surface area contributed by atoms with Crippen molar-refractivity contribution in [1.82, 2.24) is 14.7 Å². The number of fused-ring (bicyclic) bond motifs is 1. The molecule has 0 radical (unpaired) electrons. The van der Waals surface area contributed by atoms with Crippen molar-refractivity contribution in [3.63, 3.8) is 0 Å². The molecule has 1 aliphatic carbocycles. The lowest BCUT2D eigenvalue weighted by molar-refractivity contribution is -0.137. The predicted octanol–water partition coefficient (Wildman–Crippen LogP) is 4.03. The van der Waals surface area contributed by atoms with Crippen LogP contribution in [-0.2, 0) is 9.53 Å². The molecule has 7 heteroatoms. The van der Waals surface area contributed by atoms with Gasteiger partial charge in [-0.3, -0.25) is 4.79 Å². The monoisotopic (exact) mass is 415 g/mol. The molecule has 6 nitrogen and oxygen atoms in total. The Balaban J connectivity index is 1.39. The number of piperidine rings is 1. The first-order valence-electron chi connectivity index (χ1n) is 10.3. The second-order valence-electron chi connectivity index (χ2n) is 8.01. The van der Waals surface area contributed by atoms with Crippen LogP contribution in [0, 0.1) is 18.8 Å². The first-order valence-corrected chi connectivity index (χ1v) is 10.7. The second kappa shape index (κ2) is 8.57. The summed E-state index contributed by atoms with van der Waals surface area (Å²) in [7, 11) is 0. The Labute approximate surface area is 175 Å². The summed E-state index contributed by atoms with van der Waals surface area (Å²) in [5.74, 6) is 0.598. The molecule has 2 heterocycles. The van der Waals surface area contributed by atoms with Crippen molar-refractivity contribution < 1.29 is 14.3 Å². The highest BCUT2D eigenvalue weighted by Crippen LogP contribution is 2.36. The van der Waals surface area contributed by atoms with Crippen LogP contribution in [0.1, 0.15) is 48.2 Å². The van der Waals surface area contributed by atoms with Crippen LogP contribution in [0.5, 0.6) is 0 Å². The number of carbonyl (C=O) groups excluding carboxylic acids is 2. The quantitative estimate of drug-likeness (QED) is 0.707. The van der Waals surface area contributed by atoms with E-state index in [2.05, 4.69) is 5.10 Å². The number of amides is 1. The van der Waals surface area contributed by atoms with Crippen LogP contribution < -0.4 is 0 Å². The number of carbonyl (C=O) groups is 2. The van der Waals surface area contributed by atoms with Crippen molar-refractivity contribution in [3.8, 4) is 5.69 Å². The van der Waals surface area contributed by atoms with Gasteiger partial charge in [-0.25, -0.2) is 9.48 Å². The number of hydrogen-bond donors (Lipinski definition) is 0. The number of rotatable bonds is 4. The van der Waals surface area contributed by atoms with Crippen LogP contribution in [0.25, 0.3) is 5.69 Å². The zero-order valence-electron chi connectivity index (χ0n) is 16.6. The summed E-state index contributed by atoms with van der Waals surface area (Å²) in [6, 6.07) is 9.34. The number of halogens is 1. The van der Waals surface area contributed by atoms with Crippen molar-refractivity contribution in [2.75, 3.05) is 19.7 Å². The summed E-state index contributed by atoms with van der Waals surface area (Å²) in [6.07, 6.45) is 6.09. The number of hydrogen-bond acceptors (Lipinski definition) is 4. The lowest BCUT2D eigenvalue weighted by Gasteiger charge is -2.41. The Morgan fingerprint density at radius 1 is 1.14 bits per heavy atom. The summed E-state index contributed by atoms with van der Waals surface area (Å²) < 4.78 is 6.83. The van der Waals surface area contributed by atoms with Crippen molar-refractivity contribution in [3.05, 3.63) is 46.7 Å². The van der Waals surface area contributed by atoms with Gasteiger partial charge in [0.15, 0.2) is 6.61 Å². The maximum Gasteiger partial charge on any atom is 0.343 e. The molecule has 0 unspecified atom stereocenters. The van der Waals surface area contributed by atoms with Gasteiger partial charge in [-0.15, -0.1) is 0 Å². The number of benzene rings is 1. The van der Waals surface area contributed by atoms with Crippen LogP contribution in [0.3, 0.4) is 0 Å². The molecule has 2 atom stereocenters. The van der Waals surface area contributed by atoms with E-state index in [4.69, 9.17) is 16.3 Å². The van der Waals surface area contributed by atoms with Gasteiger partial charge in [-0.2, -0.15) is 5.10 Å². The Bertz CT molecular complexity index is 896. The average Bonchev–Trinajstić information content (AvgIpc) is 3.06. The van der Waals surface area contributed by atoms with Gasteiger partial charge in [0.2, 0.25) is 0 Å². The van der Waals surface area contributed by atoms with Gasteiger partial charge in [-0.05, 0) is 43.7 Å². The highest BCUT2D eigenvalue weighted by molar-refractivity contribution is 6.33.